The summed E-state index contributed by atoms with van der Waals surface area (Å²) in [6, 6.07) is 9.53. The van der Waals surface area contributed by atoms with E-state index in [1.807, 2.05) is 0 Å². The fourth-order valence-corrected chi connectivity index (χ4v) is 3.62. The molecule has 1 aromatic rings. The maximum atomic E-state index is 5.39. The summed E-state index contributed by atoms with van der Waals surface area (Å²) in [6.07, 6.45) is 3.81. The van der Waals surface area contributed by atoms with E-state index in [1.54, 1.807) is 5.56 Å². The molecule has 3 rings (SSSR count). The van der Waals surface area contributed by atoms with Gasteiger partial charge in [-0.25, -0.2) is 0 Å². The Balaban J connectivity index is 1.46. The highest BCUT2D eigenvalue weighted by molar-refractivity contribution is 5.34. The second kappa shape index (κ2) is 7.39. The van der Waals surface area contributed by atoms with E-state index in [-0.39, 0.29) is 0 Å². The second-order valence-corrected chi connectivity index (χ2v) is 6.42. The van der Waals surface area contributed by atoms with Crippen LogP contribution in [0.5, 0.6) is 0 Å². The molecule has 1 aromatic carbocycles. The maximum Gasteiger partial charge on any atom is 0.0594 e. The molecule has 0 spiro atoms. The summed E-state index contributed by atoms with van der Waals surface area (Å²) < 4.78 is 5.39. The molecule has 0 saturated carbocycles. The van der Waals surface area contributed by atoms with Gasteiger partial charge < -0.3 is 10.1 Å². The van der Waals surface area contributed by atoms with Crippen LogP contribution in [0.2, 0.25) is 0 Å². The third-order valence-corrected chi connectivity index (χ3v) is 4.94. The molecule has 0 aromatic heterocycles. The van der Waals surface area contributed by atoms with Crippen LogP contribution in [0.3, 0.4) is 0 Å². The Hall–Kier alpha value is -0.900. The van der Waals surface area contributed by atoms with Crippen LogP contribution in [-0.2, 0) is 4.74 Å². The predicted molar refractivity (Wildman–Crippen MR) is 86.7 cm³/mol. The van der Waals surface area contributed by atoms with Gasteiger partial charge in [0, 0.05) is 19.1 Å². The standard InChI is InChI=1S/C18H28N2O/c1-15-7-8-18(17-6-3-2-5-16(15)17)19-9-4-10-20-11-13-21-14-12-20/h2-3,5-6,15,18-19H,4,7-14H2,1H3. The SMILES string of the molecule is CC1CCC(NCCCN2CCOCC2)c2ccccc21. The molecule has 1 saturated heterocycles. The fourth-order valence-electron chi connectivity index (χ4n) is 3.62. The molecule has 2 aliphatic rings. The molecule has 2 atom stereocenters. The summed E-state index contributed by atoms with van der Waals surface area (Å²) in [5.74, 6) is 0.715. The zero-order valence-corrected chi connectivity index (χ0v) is 13.2. The highest BCUT2D eigenvalue weighted by atomic mass is 16.5. The normalized spacial score (nSPS) is 26.5. The van der Waals surface area contributed by atoms with Crippen LogP contribution in [0, 0.1) is 0 Å². The van der Waals surface area contributed by atoms with Gasteiger partial charge >= 0.3 is 0 Å². The van der Waals surface area contributed by atoms with Crippen LogP contribution in [0.15, 0.2) is 24.3 Å². The van der Waals surface area contributed by atoms with E-state index < -0.39 is 0 Å². The van der Waals surface area contributed by atoms with E-state index in [9.17, 15) is 0 Å². The lowest BCUT2D eigenvalue weighted by Gasteiger charge is -2.31. The third kappa shape index (κ3) is 3.85. The Bertz CT molecular complexity index is 443. The van der Waals surface area contributed by atoms with Crippen molar-refractivity contribution in [3.63, 3.8) is 0 Å². The molecular weight excluding hydrogens is 260 g/mol. The number of rotatable bonds is 5. The highest BCUT2D eigenvalue weighted by Gasteiger charge is 2.23. The number of morpholine rings is 1. The van der Waals surface area contributed by atoms with Crippen molar-refractivity contribution in [3.8, 4) is 0 Å². The average molecular weight is 288 g/mol. The largest absolute Gasteiger partial charge is 0.379 e. The number of hydrogen-bond acceptors (Lipinski definition) is 3. The van der Waals surface area contributed by atoms with Crippen LogP contribution in [0.25, 0.3) is 0 Å². The number of ether oxygens (including phenoxy) is 1. The van der Waals surface area contributed by atoms with Crippen LogP contribution < -0.4 is 5.32 Å². The Kier molecular flexibility index (Phi) is 5.28. The summed E-state index contributed by atoms with van der Waals surface area (Å²) in [5.41, 5.74) is 3.08. The van der Waals surface area contributed by atoms with Gasteiger partial charge in [-0.2, -0.15) is 0 Å². The second-order valence-electron chi connectivity index (χ2n) is 6.42. The Morgan fingerprint density at radius 3 is 2.71 bits per heavy atom. The molecule has 0 bridgehead atoms. The summed E-state index contributed by atoms with van der Waals surface area (Å²) >= 11 is 0. The maximum absolute atomic E-state index is 5.39. The fraction of sp³-hybridized carbons (Fsp3) is 0.667. The summed E-state index contributed by atoms with van der Waals surface area (Å²) in [7, 11) is 0. The molecule has 3 nitrogen and oxygen atoms in total. The molecule has 0 amide bonds. The van der Waals surface area contributed by atoms with Crippen molar-refractivity contribution in [2.45, 2.75) is 38.1 Å². The molecule has 21 heavy (non-hydrogen) atoms. The summed E-state index contributed by atoms with van der Waals surface area (Å²) in [5, 5.41) is 3.78. The van der Waals surface area contributed by atoms with Crippen molar-refractivity contribution < 1.29 is 4.74 Å². The topological polar surface area (TPSA) is 24.5 Å². The van der Waals surface area contributed by atoms with E-state index in [4.69, 9.17) is 4.74 Å². The minimum atomic E-state index is 0.557. The molecule has 3 heteroatoms. The first-order valence-corrected chi connectivity index (χ1v) is 8.47. The average Bonchev–Trinajstić information content (AvgIpc) is 2.55. The minimum Gasteiger partial charge on any atom is -0.379 e. The molecular formula is C18H28N2O. The molecule has 1 aliphatic carbocycles. The van der Waals surface area contributed by atoms with Gasteiger partial charge in [-0.05, 0) is 49.4 Å². The van der Waals surface area contributed by atoms with Crippen molar-refractivity contribution in [2.24, 2.45) is 0 Å². The van der Waals surface area contributed by atoms with Gasteiger partial charge in [-0.15, -0.1) is 0 Å². The van der Waals surface area contributed by atoms with Crippen molar-refractivity contribution in [1.29, 1.82) is 0 Å². The number of benzene rings is 1. The first-order valence-electron chi connectivity index (χ1n) is 8.47. The van der Waals surface area contributed by atoms with Crippen LogP contribution in [0.1, 0.15) is 49.3 Å². The van der Waals surface area contributed by atoms with Gasteiger partial charge in [0.05, 0.1) is 13.2 Å². The molecule has 0 radical (unpaired) electrons. The monoisotopic (exact) mass is 288 g/mol. The first kappa shape index (κ1) is 15.0. The lowest BCUT2D eigenvalue weighted by Crippen LogP contribution is -2.38. The van der Waals surface area contributed by atoms with E-state index >= 15 is 0 Å². The van der Waals surface area contributed by atoms with E-state index in [0.717, 1.165) is 32.8 Å². The molecule has 2 unspecified atom stereocenters. The van der Waals surface area contributed by atoms with Gasteiger partial charge in [0.15, 0.2) is 0 Å². The van der Waals surface area contributed by atoms with E-state index in [1.165, 1.54) is 31.4 Å². The van der Waals surface area contributed by atoms with Crippen LogP contribution in [0.4, 0.5) is 0 Å². The van der Waals surface area contributed by atoms with Crippen molar-refractivity contribution >= 4 is 0 Å². The Morgan fingerprint density at radius 2 is 1.90 bits per heavy atom. The lowest BCUT2D eigenvalue weighted by molar-refractivity contribution is 0.0373. The summed E-state index contributed by atoms with van der Waals surface area (Å²) in [4.78, 5) is 2.52. The van der Waals surface area contributed by atoms with Crippen molar-refractivity contribution in [1.82, 2.24) is 10.2 Å². The molecule has 1 N–H and O–H groups in total. The Labute approximate surface area is 128 Å². The predicted octanol–water partition coefficient (Wildman–Crippen LogP) is 2.94. The highest BCUT2D eigenvalue weighted by Crippen LogP contribution is 2.36. The lowest BCUT2D eigenvalue weighted by atomic mass is 9.81. The molecule has 1 fully saturated rings. The van der Waals surface area contributed by atoms with Gasteiger partial charge in [0.25, 0.3) is 0 Å². The zero-order chi connectivity index (χ0) is 14.5. The molecule has 1 aliphatic heterocycles. The summed E-state index contributed by atoms with van der Waals surface area (Å²) in [6.45, 7) is 8.68. The van der Waals surface area contributed by atoms with Crippen molar-refractivity contribution in [3.05, 3.63) is 35.4 Å². The number of nitrogens with one attached hydrogen (secondary N) is 1. The molecule has 116 valence electrons. The smallest absolute Gasteiger partial charge is 0.0594 e. The van der Waals surface area contributed by atoms with E-state index in [2.05, 4.69) is 41.4 Å². The van der Waals surface area contributed by atoms with Crippen LogP contribution in [-0.4, -0.2) is 44.3 Å². The van der Waals surface area contributed by atoms with Gasteiger partial charge in [-0.3, -0.25) is 4.90 Å². The first-order chi connectivity index (χ1) is 10.3. The zero-order valence-electron chi connectivity index (χ0n) is 13.2. The third-order valence-electron chi connectivity index (χ3n) is 4.94. The van der Waals surface area contributed by atoms with Crippen molar-refractivity contribution in [2.75, 3.05) is 39.4 Å². The van der Waals surface area contributed by atoms with E-state index in [0.29, 0.717) is 12.0 Å². The minimum absolute atomic E-state index is 0.557. The van der Waals surface area contributed by atoms with Gasteiger partial charge in [-0.1, -0.05) is 31.2 Å². The van der Waals surface area contributed by atoms with Crippen LogP contribution >= 0.6 is 0 Å². The van der Waals surface area contributed by atoms with Gasteiger partial charge in [0.2, 0.25) is 0 Å². The molecule has 1 heterocycles. The number of hydrogen-bond donors (Lipinski definition) is 1. The number of fused-ring (bicyclic) bond motifs is 1. The Morgan fingerprint density at radius 1 is 1.14 bits per heavy atom. The quantitative estimate of drug-likeness (QED) is 0.843. The number of nitrogens with zero attached hydrogens (tertiary/aromatic N) is 1. The van der Waals surface area contributed by atoms with Gasteiger partial charge in [0.1, 0.15) is 0 Å².